The monoisotopic (exact) mass is 499 g/mol. The molecule has 10 heteroatoms. The summed E-state index contributed by atoms with van der Waals surface area (Å²) in [6.45, 7) is 4.53. The number of thiazole rings is 1. The predicted molar refractivity (Wildman–Crippen MR) is 134 cm³/mol. The van der Waals surface area contributed by atoms with Crippen LogP contribution in [0.2, 0.25) is 0 Å². The molecular formula is C23H25N5O2S3. The summed E-state index contributed by atoms with van der Waals surface area (Å²) in [4.78, 5) is 5.95. The van der Waals surface area contributed by atoms with Crippen molar-refractivity contribution in [3.05, 3.63) is 65.7 Å². The lowest BCUT2D eigenvalue weighted by molar-refractivity contribution is 0.445. The Labute approximate surface area is 202 Å². The topological polar surface area (TPSA) is 81.0 Å². The maximum Gasteiger partial charge on any atom is 0.243 e. The molecule has 0 unspecified atom stereocenters. The van der Waals surface area contributed by atoms with Crippen LogP contribution in [0.25, 0.3) is 22.0 Å². The summed E-state index contributed by atoms with van der Waals surface area (Å²) in [6.07, 6.45) is 1.90. The number of nitrogens with zero attached hydrogens (tertiary/aromatic N) is 5. The van der Waals surface area contributed by atoms with Gasteiger partial charge in [0.1, 0.15) is 5.01 Å². The Kier molecular flexibility index (Phi) is 7.28. The Hall–Kier alpha value is -2.53. The zero-order valence-electron chi connectivity index (χ0n) is 18.7. The molecule has 0 bridgehead atoms. The molecule has 0 aliphatic heterocycles. The number of rotatable bonds is 9. The average Bonchev–Trinajstić information content (AvgIpc) is 3.46. The third kappa shape index (κ3) is 5.03. The maximum atomic E-state index is 12.9. The van der Waals surface area contributed by atoms with Crippen LogP contribution in [0.4, 0.5) is 0 Å². The quantitative estimate of drug-likeness (QED) is 0.304. The van der Waals surface area contributed by atoms with E-state index >= 15 is 0 Å². The lowest BCUT2D eigenvalue weighted by Crippen LogP contribution is -2.30. The first-order valence-corrected chi connectivity index (χ1v) is 13.8. The molecule has 0 radical (unpaired) electrons. The van der Waals surface area contributed by atoms with Crippen LogP contribution in [0, 0.1) is 0 Å². The number of aromatic nitrogens is 4. The van der Waals surface area contributed by atoms with Gasteiger partial charge >= 0.3 is 0 Å². The van der Waals surface area contributed by atoms with E-state index in [0.29, 0.717) is 24.5 Å². The van der Waals surface area contributed by atoms with Gasteiger partial charge in [-0.1, -0.05) is 68.1 Å². The summed E-state index contributed by atoms with van der Waals surface area (Å²) in [6, 6.07) is 17.0. The molecule has 0 saturated carbocycles. The van der Waals surface area contributed by atoms with Crippen molar-refractivity contribution in [2.24, 2.45) is 7.05 Å². The number of hydrogen-bond donors (Lipinski definition) is 0. The van der Waals surface area contributed by atoms with E-state index in [2.05, 4.69) is 27.3 Å². The minimum Gasteiger partial charge on any atom is -0.305 e. The van der Waals surface area contributed by atoms with Crippen molar-refractivity contribution in [3.63, 3.8) is 0 Å². The normalized spacial score (nSPS) is 11.9. The first kappa shape index (κ1) is 23.6. The van der Waals surface area contributed by atoms with E-state index in [1.165, 1.54) is 4.31 Å². The molecule has 0 fully saturated rings. The van der Waals surface area contributed by atoms with Gasteiger partial charge in [0.2, 0.25) is 10.0 Å². The van der Waals surface area contributed by atoms with Crippen molar-refractivity contribution in [2.45, 2.75) is 29.7 Å². The molecule has 7 nitrogen and oxygen atoms in total. The average molecular weight is 500 g/mol. The van der Waals surface area contributed by atoms with E-state index < -0.39 is 10.0 Å². The number of hydrogen-bond acceptors (Lipinski definition) is 7. The third-order valence-electron chi connectivity index (χ3n) is 5.19. The van der Waals surface area contributed by atoms with Crippen LogP contribution >= 0.6 is 23.1 Å². The van der Waals surface area contributed by atoms with Gasteiger partial charge in [-0.25, -0.2) is 13.4 Å². The minimum absolute atomic E-state index is 0.263. The Morgan fingerprint density at radius 1 is 1.00 bits per heavy atom. The van der Waals surface area contributed by atoms with Gasteiger partial charge in [-0.15, -0.1) is 21.5 Å². The van der Waals surface area contributed by atoms with Crippen molar-refractivity contribution in [3.8, 4) is 22.0 Å². The van der Waals surface area contributed by atoms with E-state index in [-0.39, 0.29) is 4.90 Å². The van der Waals surface area contributed by atoms with Crippen molar-refractivity contribution in [2.75, 3.05) is 13.1 Å². The SMILES string of the molecule is CCN(CC)S(=O)(=O)c1cccc(-c2nnc(SCc3cnc(-c4ccccc4)s3)n2C)c1. The Morgan fingerprint density at radius 3 is 2.45 bits per heavy atom. The standard InChI is InChI=1S/C23H25N5O2S3/c1-4-28(5-2)33(29,30)20-13-9-12-18(14-20)21-25-26-23(27(21)3)31-16-19-15-24-22(32-19)17-10-7-6-8-11-17/h6-15H,4-5,16H2,1-3H3. The van der Waals surface area contributed by atoms with Gasteiger partial charge in [0, 0.05) is 48.1 Å². The van der Waals surface area contributed by atoms with E-state index in [0.717, 1.165) is 26.4 Å². The van der Waals surface area contributed by atoms with Crippen molar-refractivity contribution < 1.29 is 8.42 Å². The van der Waals surface area contributed by atoms with Crippen molar-refractivity contribution >= 4 is 33.1 Å². The van der Waals surface area contributed by atoms with Crippen LogP contribution in [-0.2, 0) is 22.8 Å². The molecule has 0 atom stereocenters. The second-order valence-electron chi connectivity index (χ2n) is 7.27. The van der Waals surface area contributed by atoms with Gasteiger partial charge in [0.15, 0.2) is 11.0 Å². The fourth-order valence-corrected chi connectivity index (χ4v) is 6.78. The molecule has 0 spiro atoms. The maximum absolute atomic E-state index is 12.9. The van der Waals surface area contributed by atoms with Gasteiger partial charge in [0.05, 0.1) is 4.90 Å². The summed E-state index contributed by atoms with van der Waals surface area (Å²) in [5.74, 6) is 1.36. The Bertz CT molecular complexity index is 1330. The van der Waals surface area contributed by atoms with Gasteiger partial charge in [-0.2, -0.15) is 4.31 Å². The summed E-state index contributed by atoms with van der Waals surface area (Å²) >= 11 is 3.24. The second-order valence-corrected chi connectivity index (χ2v) is 11.3. The first-order valence-electron chi connectivity index (χ1n) is 10.6. The third-order valence-corrected chi connectivity index (χ3v) is 9.53. The molecular weight excluding hydrogens is 474 g/mol. The molecule has 0 amide bonds. The number of thioether (sulfide) groups is 1. The van der Waals surface area contributed by atoms with E-state index in [1.54, 1.807) is 41.3 Å². The second kappa shape index (κ2) is 10.2. The van der Waals surface area contributed by atoms with Crippen LogP contribution in [0.3, 0.4) is 0 Å². The largest absolute Gasteiger partial charge is 0.305 e. The molecule has 4 aromatic rings. The molecule has 33 heavy (non-hydrogen) atoms. The lowest BCUT2D eigenvalue weighted by Gasteiger charge is -2.18. The highest BCUT2D eigenvalue weighted by atomic mass is 32.2. The number of sulfonamides is 1. The molecule has 0 aliphatic rings. The predicted octanol–water partition coefficient (Wildman–Crippen LogP) is 4.93. The summed E-state index contributed by atoms with van der Waals surface area (Å²) in [5, 5.41) is 10.4. The summed E-state index contributed by atoms with van der Waals surface area (Å²) < 4.78 is 29.2. The van der Waals surface area contributed by atoms with Crippen LogP contribution in [0.5, 0.6) is 0 Å². The van der Waals surface area contributed by atoms with Gasteiger partial charge in [-0.05, 0) is 12.1 Å². The van der Waals surface area contributed by atoms with E-state index in [9.17, 15) is 8.42 Å². The molecule has 4 rings (SSSR count). The molecule has 0 N–H and O–H groups in total. The zero-order chi connectivity index (χ0) is 23.4. The van der Waals surface area contributed by atoms with Crippen molar-refractivity contribution in [1.82, 2.24) is 24.1 Å². The molecule has 172 valence electrons. The number of benzene rings is 2. The Morgan fingerprint density at radius 2 is 1.73 bits per heavy atom. The van der Waals surface area contributed by atoms with Crippen LogP contribution in [-0.4, -0.2) is 45.6 Å². The van der Waals surface area contributed by atoms with Crippen LogP contribution < -0.4 is 0 Å². The fourth-order valence-electron chi connectivity index (χ4n) is 3.42. The van der Waals surface area contributed by atoms with Gasteiger partial charge < -0.3 is 4.57 Å². The lowest BCUT2D eigenvalue weighted by atomic mass is 10.2. The fraction of sp³-hybridized carbons (Fsp3) is 0.261. The molecule has 2 heterocycles. The van der Waals surface area contributed by atoms with E-state index in [4.69, 9.17) is 0 Å². The smallest absolute Gasteiger partial charge is 0.243 e. The zero-order valence-corrected chi connectivity index (χ0v) is 21.1. The molecule has 0 saturated heterocycles. The van der Waals surface area contributed by atoms with Crippen LogP contribution in [0.15, 0.2) is 70.8 Å². The van der Waals surface area contributed by atoms with Crippen molar-refractivity contribution in [1.29, 1.82) is 0 Å². The summed E-state index contributed by atoms with van der Waals surface area (Å²) in [7, 11) is -1.65. The highest BCUT2D eigenvalue weighted by Gasteiger charge is 2.22. The van der Waals surface area contributed by atoms with Crippen LogP contribution in [0.1, 0.15) is 18.7 Å². The van der Waals surface area contributed by atoms with E-state index in [1.807, 2.05) is 55.9 Å². The molecule has 2 aromatic carbocycles. The Balaban J connectivity index is 1.51. The molecule has 2 aromatic heterocycles. The van der Waals surface area contributed by atoms with Gasteiger partial charge in [-0.3, -0.25) is 0 Å². The first-order chi connectivity index (χ1) is 15.9. The molecule has 0 aliphatic carbocycles. The van der Waals surface area contributed by atoms with Gasteiger partial charge in [0.25, 0.3) is 0 Å². The highest BCUT2D eigenvalue weighted by molar-refractivity contribution is 7.98. The minimum atomic E-state index is -3.54. The highest BCUT2D eigenvalue weighted by Crippen LogP contribution is 2.31. The summed E-state index contributed by atoms with van der Waals surface area (Å²) in [5.41, 5.74) is 1.83.